The molecule has 1 rings (SSSR count). The largest absolute Gasteiger partial charge is 0.399 e. The molecule has 1 aromatic carbocycles. The molecule has 0 aliphatic rings. The van der Waals surface area contributed by atoms with E-state index in [-0.39, 0.29) is 0 Å². The van der Waals surface area contributed by atoms with Crippen LogP contribution in [-0.4, -0.2) is 0 Å². The lowest BCUT2D eigenvalue weighted by atomic mass is 10.1. The minimum atomic E-state index is 0.832. The van der Waals surface area contributed by atoms with E-state index in [2.05, 4.69) is 15.9 Å². The Morgan fingerprint density at radius 2 is 1.42 bits per heavy atom. The average molecular weight is 230 g/mol. The second kappa shape index (κ2) is 5.20. The van der Waals surface area contributed by atoms with Crippen molar-refractivity contribution in [1.29, 1.82) is 0 Å². The standard InChI is InChI=1S/C8H10BrN.C2H6/c1-5-3-7(10)4-6(2)8(5)9;1-2/h3-4H,10H2,1-2H3;1-2H3. The highest BCUT2D eigenvalue weighted by Crippen LogP contribution is 2.22. The number of benzene rings is 1. The third-order valence-electron chi connectivity index (χ3n) is 1.46. The van der Waals surface area contributed by atoms with Gasteiger partial charge in [-0.3, -0.25) is 0 Å². The highest BCUT2D eigenvalue weighted by atomic mass is 79.9. The summed E-state index contributed by atoms with van der Waals surface area (Å²) in [6, 6.07) is 3.91. The van der Waals surface area contributed by atoms with Gasteiger partial charge in [-0.2, -0.15) is 0 Å². The second-order valence-electron chi connectivity index (χ2n) is 2.47. The van der Waals surface area contributed by atoms with E-state index in [1.165, 1.54) is 11.1 Å². The summed E-state index contributed by atoms with van der Waals surface area (Å²) in [4.78, 5) is 0. The zero-order valence-corrected chi connectivity index (χ0v) is 9.70. The Labute approximate surface area is 83.1 Å². The lowest BCUT2D eigenvalue weighted by Crippen LogP contribution is -1.88. The Hall–Kier alpha value is -0.500. The Morgan fingerprint density at radius 1 is 1.08 bits per heavy atom. The van der Waals surface area contributed by atoms with Crippen LogP contribution in [0.25, 0.3) is 0 Å². The van der Waals surface area contributed by atoms with Crippen molar-refractivity contribution in [3.8, 4) is 0 Å². The van der Waals surface area contributed by atoms with Crippen molar-refractivity contribution < 1.29 is 0 Å². The molecule has 0 amide bonds. The molecule has 2 N–H and O–H groups in total. The molecule has 0 saturated carbocycles. The second-order valence-corrected chi connectivity index (χ2v) is 3.26. The van der Waals surface area contributed by atoms with Crippen molar-refractivity contribution in [3.05, 3.63) is 27.7 Å². The zero-order valence-electron chi connectivity index (χ0n) is 8.11. The van der Waals surface area contributed by atoms with Gasteiger partial charge in [0, 0.05) is 10.2 Å². The first-order valence-electron chi connectivity index (χ1n) is 4.13. The van der Waals surface area contributed by atoms with E-state index in [0.29, 0.717) is 0 Å². The molecule has 2 heteroatoms. The Bertz CT molecular complexity index is 233. The number of rotatable bonds is 0. The maximum Gasteiger partial charge on any atom is 0.0320 e. The lowest BCUT2D eigenvalue weighted by molar-refractivity contribution is 1.34. The quantitative estimate of drug-likeness (QED) is 0.676. The molecule has 0 saturated heterocycles. The summed E-state index contributed by atoms with van der Waals surface area (Å²) < 4.78 is 1.15. The molecular weight excluding hydrogens is 214 g/mol. The molecular formula is C10H16BrN. The number of nitrogen functional groups attached to an aromatic ring is 1. The van der Waals surface area contributed by atoms with E-state index in [4.69, 9.17) is 5.73 Å². The van der Waals surface area contributed by atoms with Gasteiger partial charge in [0.15, 0.2) is 0 Å². The van der Waals surface area contributed by atoms with E-state index in [0.717, 1.165) is 10.2 Å². The lowest BCUT2D eigenvalue weighted by Gasteiger charge is -2.02. The van der Waals surface area contributed by atoms with Gasteiger partial charge in [0.05, 0.1) is 0 Å². The SMILES string of the molecule is CC.Cc1cc(N)cc(C)c1Br. The van der Waals surface area contributed by atoms with Crippen molar-refractivity contribution in [2.24, 2.45) is 0 Å². The van der Waals surface area contributed by atoms with Crippen molar-refractivity contribution in [2.75, 3.05) is 5.73 Å². The van der Waals surface area contributed by atoms with Crippen LogP contribution in [0, 0.1) is 13.8 Å². The van der Waals surface area contributed by atoms with Crippen LogP contribution in [-0.2, 0) is 0 Å². The zero-order chi connectivity index (χ0) is 9.72. The molecule has 12 heavy (non-hydrogen) atoms. The fourth-order valence-corrected chi connectivity index (χ4v) is 1.21. The first-order valence-corrected chi connectivity index (χ1v) is 4.93. The highest BCUT2D eigenvalue weighted by Gasteiger charge is 1.98. The van der Waals surface area contributed by atoms with Crippen molar-refractivity contribution >= 4 is 21.6 Å². The predicted molar refractivity (Wildman–Crippen MR) is 59.4 cm³/mol. The number of nitrogens with two attached hydrogens (primary N) is 1. The molecule has 0 unspecified atom stereocenters. The van der Waals surface area contributed by atoms with E-state index < -0.39 is 0 Å². The number of aryl methyl sites for hydroxylation is 2. The fourth-order valence-electron chi connectivity index (χ4n) is 0.979. The minimum Gasteiger partial charge on any atom is -0.399 e. The molecule has 0 atom stereocenters. The van der Waals surface area contributed by atoms with Gasteiger partial charge in [-0.25, -0.2) is 0 Å². The van der Waals surface area contributed by atoms with Crippen LogP contribution in [0.5, 0.6) is 0 Å². The monoisotopic (exact) mass is 229 g/mol. The molecule has 1 nitrogen and oxygen atoms in total. The molecule has 0 spiro atoms. The number of anilines is 1. The summed E-state index contributed by atoms with van der Waals surface area (Å²) in [5.74, 6) is 0. The number of halogens is 1. The van der Waals surface area contributed by atoms with Crippen LogP contribution in [0.2, 0.25) is 0 Å². The Morgan fingerprint density at radius 3 is 1.75 bits per heavy atom. The average Bonchev–Trinajstić information content (AvgIpc) is 2.04. The Kier molecular flexibility index (Phi) is 4.98. The number of hydrogen-bond donors (Lipinski definition) is 1. The van der Waals surface area contributed by atoms with Gasteiger partial charge in [0.2, 0.25) is 0 Å². The molecule has 0 heterocycles. The van der Waals surface area contributed by atoms with Gasteiger partial charge >= 0.3 is 0 Å². The summed E-state index contributed by atoms with van der Waals surface area (Å²) in [5, 5.41) is 0. The molecule has 0 aliphatic carbocycles. The predicted octanol–water partition coefficient (Wildman–Crippen LogP) is 3.67. The number of hydrogen-bond acceptors (Lipinski definition) is 1. The summed E-state index contributed by atoms with van der Waals surface area (Å²) >= 11 is 3.46. The van der Waals surface area contributed by atoms with Crippen LogP contribution < -0.4 is 5.73 Å². The molecule has 0 radical (unpaired) electrons. The molecule has 0 aromatic heterocycles. The van der Waals surface area contributed by atoms with Crippen LogP contribution >= 0.6 is 15.9 Å². The van der Waals surface area contributed by atoms with Gasteiger partial charge in [-0.05, 0) is 37.1 Å². The normalized spacial score (nSPS) is 8.75. The van der Waals surface area contributed by atoms with Crippen molar-refractivity contribution in [3.63, 3.8) is 0 Å². The van der Waals surface area contributed by atoms with E-state index in [9.17, 15) is 0 Å². The smallest absolute Gasteiger partial charge is 0.0320 e. The van der Waals surface area contributed by atoms with Crippen molar-refractivity contribution in [2.45, 2.75) is 27.7 Å². The summed E-state index contributed by atoms with van der Waals surface area (Å²) in [6.07, 6.45) is 0. The molecule has 0 fully saturated rings. The van der Waals surface area contributed by atoms with Crippen LogP contribution in [0.15, 0.2) is 16.6 Å². The van der Waals surface area contributed by atoms with Crippen LogP contribution in [0.4, 0.5) is 5.69 Å². The van der Waals surface area contributed by atoms with Gasteiger partial charge in [-0.15, -0.1) is 0 Å². The molecule has 68 valence electrons. The minimum absolute atomic E-state index is 0.832. The van der Waals surface area contributed by atoms with Gasteiger partial charge in [-0.1, -0.05) is 29.8 Å². The first kappa shape index (κ1) is 11.5. The molecule has 1 aromatic rings. The van der Waals surface area contributed by atoms with E-state index in [1.54, 1.807) is 0 Å². The van der Waals surface area contributed by atoms with Crippen LogP contribution in [0.1, 0.15) is 25.0 Å². The summed E-state index contributed by atoms with van der Waals surface area (Å²) in [7, 11) is 0. The van der Waals surface area contributed by atoms with Crippen LogP contribution in [0.3, 0.4) is 0 Å². The van der Waals surface area contributed by atoms with Gasteiger partial charge < -0.3 is 5.73 Å². The topological polar surface area (TPSA) is 26.0 Å². The van der Waals surface area contributed by atoms with Gasteiger partial charge in [0.25, 0.3) is 0 Å². The van der Waals surface area contributed by atoms with E-state index >= 15 is 0 Å². The van der Waals surface area contributed by atoms with Gasteiger partial charge in [0.1, 0.15) is 0 Å². The third-order valence-corrected chi connectivity index (χ3v) is 2.71. The first-order chi connectivity index (χ1) is 5.61. The maximum atomic E-state index is 5.61. The van der Waals surface area contributed by atoms with Crippen molar-refractivity contribution in [1.82, 2.24) is 0 Å². The van der Waals surface area contributed by atoms with E-state index in [1.807, 2.05) is 39.8 Å². The fraction of sp³-hybridized carbons (Fsp3) is 0.400. The Balaban J connectivity index is 0.000000561. The maximum absolute atomic E-state index is 5.61. The third kappa shape index (κ3) is 2.86. The summed E-state index contributed by atoms with van der Waals surface area (Å²) in [6.45, 7) is 8.07. The summed E-state index contributed by atoms with van der Waals surface area (Å²) in [5.41, 5.74) is 8.82. The molecule has 0 aliphatic heterocycles. The molecule has 0 bridgehead atoms. The highest BCUT2D eigenvalue weighted by molar-refractivity contribution is 9.10.